The topological polar surface area (TPSA) is 38.0 Å². The molecule has 0 saturated heterocycles. The summed E-state index contributed by atoms with van der Waals surface area (Å²) in [5, 5.41) is 11.3. The highest BCUT2D eigenvalue weighted by Crippen LogP contribution is 2.25. The number of hydrogen-bond donors (Lipinski definition) is 1. The highest BCUT2D eigenvalue weighted by atomic mass is 35.5. The van der Waals surface area contributed by atoms with Crippen molar-refractivity contribution in [3.8, 4) is 0 Å². The third kappa shape index (κ3) is 2.80. The summed E-state index contributed by atoms with van der Waals surface area (Å²) in [6, 6.07) is 5.21. The lowest BCUT2D eigenvalue weighted by Gasteiger charge is -2.12. The van der Waals surface area contributed by atoms with E-state index in [1.807, 2.05) is 7.05 Å². The lowest BCUT2D eigenvalue weighted by molar-refractivity contribution is 0.165. The molecule has 2 aromatic rings. The van der Waals surface area contributed by atoms with Gasteiger partial charge in [0.25, 0.3) is 0 Å². The molecule has 1 aromatic heterocycles. The molecule has 0 aliphatic rings. The lowest BCUT2D eigenvalue weighted by atomic mass is 10.1. The van der Waals surface area contributed by atoms with Gasteiger partial charge in [0, 0.05) is 35.9 Å². The average Bonchev–Trinajstić information content (AvgIpc) is 2.70. The first-order valence-corrected chi connectivity index (χ1v) is 5.92. The van der Waals surface area contributed by atoms with E-state index in [0.29, 0.717) is 22.3 Å². The van der Waals surface area contributed by atoms with E-state index in [-0.39, 0.29) is 0 Å². The summed E-state index contributed by atoms with van der Waals surface area (Å²) >= 11 is 11.9. The van der Waals surface area contributed by atoms with Crippen LogP contribution in [-0.2, 0) is 13.5 Å². The van der Waals surface area contributed by atoms with Crippen LogP contribution in [0.5, 0.6) is 0 Å². The van der Waals surface area contributed by atoms with Crippen LogP contribution in [0.3, 0.4) is 0 Å². The summed E-state index contributed by atoms with van der Waals surface area (Å²) in [6.45, 7) is 0. The summed E-state index contributed by atoms with van der Waals surface area (Å²) < 4.78 is 1.78. The van der Waals surface area contributed by atoms with Crippen LogP contribution < -0.4 is 0 Å². The molecule has 3 nitrogen and oxygen atoms in total. The van der Waals surface area contributed by atoms with Crippen molar-refractivity contribution < 1.29 is 5.11 Å². The SMILES string of the molecule is Cn1ccnc1C(O)Cc1cc(Cl)ccc1Cl. The number of nitrogens with zero attached hydrogens (tertiary/aromatic N) is 2. The molecular weight excluding hydrogens is 259 g/mol. The molecule has 0 amide bonds. The first-order chi connectivity index (χ1) is 8.08. The van der Waals surface area contributed by atoms with Crippen LogP contribution in [-0.4, -0.2) is 14.7 Å². The molecule has 5 heteroatoms. The molecule has 0 fully saturated rings. The molecule has 0 aliphatic carbocycles. The fraction of sp³-hybridized carbons (Fsp3) is 0.250. The van der Waals surface area contributed by atoms with Gasteiger partial charge in [-0.05, 0) is 23.8 Å². The second-order valence-corrected chi connectivity index (χ2v) is 4.70. The standard InChI is InChI=1S/C12H12Cl2N2O/c1-16-5-4-15-12(16)11(17)7-8-6-9(13)2-3-10(8)14/h2-6,11,17H,7H2,1H3. The Kier molecular flexibility index (Phi) is 3.72. The molecule has 1 heterocycles. The van der Waals surface area contributed by atoms with Crippen LogP contribution in [0.4, 0.5) is 0 Å². The summed E-state index contributed by atoms with van der Waals surface area (Å²) in [5.41, 5.74) is 0.815. The Morgan fingerprint density at radius 1 is 1.41 bits per heavy atom. The minimum Gasteiger partial charge on any atom is -0.385 e. The quantitative estimate of drug-likeness (QED) is 0.931. The third-order valence-electron chi connectivity index (χ3n) is 2.58. The molecule has 0 aliphatic heterocycles. The van der Waals surface area contributed by atoms with Crippen molar-refractivity contribution >= 4 is 23.2 Å². The number of halogens is 2. The van der Waals surface area contributed by atoms with Gasteiger partial charge in [-0.2, -0.15) is 0 Å². The highest BCUT2D eigenvalue weighted by molar-refractivity contribution is 6.33. The Morgan fingerprint density at radius 2 is 2.18 bits per heavy atom. The Labute approximate surface area is 110 Å². The largest absolute Gasteiger partial charge is 0.385 e. The zero-order valence-electron chi connectivity index (χ0n) is 9.27. The van der Waals surface area contributed by atoms with Crippen molar-refractivity contribution in [3.63, 3.8) is 0 Å². The summed E-state index contributed by atoms with van der Waals surface area (Å²) in [4.78, 5) is 4.10. The normalized spacial score (nSPS) is 12.7. The van der Waals surface area contributed by atoms with Crippen LogP contribution in [0.1, 0.15) is 17.5 Å². The van der Waals surface area contributed by atoms with Crippen LogP contribution in [0.2, 0.25) is 10.0 Å². The molecule has 1 aromatic carbocycles. The van der Waals surface area contributed by atoms with E-state index >= 15 is 0 Å². The van der Waals surface area contributed by atoms with Crippen LogP contribution in [0.25, 0.3) is 0 Å². The number of hydrogen-bond acceptors (Lipinski definition) is 2. The van der Waals surface area contributed by atoms with Crippen LogP contribution in [0, 0.1) is 0 Å². The fourth-order valence-electron chi connectivity index (χ4n) is 1.70. The Morgan fingerprint density at radius 3 is 2.82 bits per heavy atom. The predicted octanol–water partition coefficient (Wildman–Crippen LogP) is 3.00. The van der Waals surface area contributed by atoms with Crippen molar-refractivity contribution in [1.29, 1.82) is 0 Å². The second-order valence-electron chi connectivity index (χ2n) is 3.85. The summed E-state index contributed by atoms with van der Waals surface area (Å²) in [7, 11) is 1.84. The molecule has 2 rings (SSSR count). The smallest absolute Gasteiger partial charge is 0.137 e. The van der Waals surface area contributed by atoms with E-state index in [9.17, 15) is 5.11 Å². The number of imidazole rings is 1. The molecule has 1 atom stereocenters. The van der Waals surface area contributed by atoms with E-state index in [2.05, 4.69) is 4.98 Å². The zero-order chi connectivity index (χ0) is 12.4. The molecular formula is C12H12Cl2N2O. The Balaban J connectivity index is 2.21. The molecule has 1 unspecified atom stereocenters. The van der Waals surface area contributed by atoms with Gasteiger partial charge in [-0.25, -0.2) is 4.98 Å². The van der Waals surface area contributed by atoms with E-state index in [1.165, 1.54) is 0 Å². The van der Waals surface area contributed by atoms with Crippen molar-refractivity contribution in [2.24, 2.45) is 7.05 Å². The van der Waals surface area contributed by atoms with Gasteiger partial charge in [0.2, 0.25) is 0 Å². The average molecular weight is 271 g/mol. The van der Waals surface area contributed by atoms with E-state index in [0.717, 1.165) is 5.56 Å². The van der Waals surface area contributed by atoms with Gasteiger partial charge in [-0.1, -0.05) is 23.2 Å². The molecule has 0 saturated carbocycles. The maximum atomic E-state index is 10.1. The predicted molar refractivity (Wildman–Crippen MR) is 68.3 cm³/mol. The number of aryl methyl sites for hydroxylation is 1. The second kappa shape index (κ2) is 5.08. The zero-order valence-corrected chi connectivity index (χ0v) is 10.8. The summed E-state index contributed by atoms with van der Waals surface area (Å²) in [6.07, 6.45) is 3.14. The lowest BCUT2D eigenvalue weighted by Crippen LogP contribution is -2.08. The molecule has 0 bridgehead atoms. The molecule has 1 N–H and O–H groups in total. The van der Waals surface area contributed by atoms with Gasteiger partial charge in [-0.3, -0.25) is 0 Å². The van der Waals surface area contributed by atoms with Gasteiger partial charge < -0.3 is 9.67 Å². The first-order valence-electron chi connectivity index (χ1n) is 5.17. The molecule has 0 radical (unpaired) electrons. The van der Waals surface area contributed by atoms with Crippen LogP contribution >= 0.6 is 23.2 Å². The van der Waals surface area contributed by atoms with Gasteiger partial charge in [0.1, 0.15) is 11.9 Å². The number of aromatic nitrogens is 2. The Hall–Kier alpha value is -1.03. The minimum absolute atomic E-state index is 0.393. The maximum Gasteiger partial charge on any atom is 0.137 e. The van der Waals surface area contributed by atoms with E-state index in [4.69, 9.17) is 23.2 Å². The van der Waals surface area contributed by atoms with Gasteiger partial charge in [0.15, 0.2) is 0 Å². The molecule has 17 heavy (non-hydrogen) atoms. The number of aliphatic hydroxyl groups excluding tert-OH is 1. The highest BCUT2D eigenvalue weighted by Gasteiger charge is 2.14. The van der Waals surface area contributed by atoms with Gasteiger partial charge in [-0.15, -0.1) is 0 Å². The third-order valence-corrected chi connectivity index (χ3v) is 3.18. The summed E-state index contributed by atoms with van der Waals surface area (Å²) in [5.74, 6) is 0.612. The number of rotatable bonds is 3. The van der Waals surface area contributed by atoms with Crippen molar-refractivity contribution in [3.05, 3.63) is 52.0 Å². The maximum absolute atomic E-state index is 10.1. The van der Waals surface area contributed by atoms with E-state index < -0.39 is 6.10 Å². The molecule has 0 spiro atoms. The number of aliphatic hydroxyl groups is 1. The van der Waals surface area contributed by atoms with Crippen LogP contribution in [0.15, 0.2) is 30.6 Å². The van der Waals surface area contributed by atoms with E-state index in [1.54, 1.807) is 35.2 Å². The molecule has 90 valence electrons. The van der Waals surface area contributed by atoms with Crippen molar-refractivity contribution in [2.45, 2.75) is 12.5 Å². The van der Waals surface area contributed by atoms with Crippen molar-refractivity contribution in [1.82, 2.24) is 9.55 Å². The van der Waals surface area contributed by atoms with Gasteiger partial charge in [0.05, 0.1) is 0 Å². The fourth-order valence-corrected chi connectivity index (χ4v) is 2.09. The first kappa shape index (κ1) is 12.4. The minimum atomic E-state index is -0.689. The monoisotopic (exact) mass is 270 g/mol. The van der Waals surface area contributed by atoms with Crippen molar-refractivity contribution in [2.75, 3.05) is 0 Å². The Bertz CT molecular complexity index is 525. The van der Waals surface area contributed by atoms with Gasteiger partial charge >= 0.3 is 0 Å². The number of benzene rings is 1.